The first kappa shape index (κ1) is 21.9. The number of hydrogen-bond donors (Lipinski definition) is 2. The molecule has 0 aliphatic heterocycles. The second kappa shape index (κ2) is 9.20. The van der Waals surface area contributed by atoms with Gasteiger partial charge in [-0.15, -0.1) is 5.10 Å². The minimum absolute atomic E-state index is 0.00416. The summed E-state index contributed by atoms with van der Waals surface area (Å²) in [6.45, 7) is 7.02. The zero-order chi connectivity index (χ0) is 20.9. The van der Waals surface area contributed by atoms with Crippen LogP contribution in [-0.2, 0) is 25.1 Å². The number of nitrogens with zero attached hydrogens (tertiary/aromatic N) is 3. The second-order valence-corrected chi connectivity index (χ2v) is 8.18. The van der Waals surface area contributed by atoms with Crippen molar-refractivity contribution in [1.29, 1.82) is 0 Å². The number of aromatic nitrogens is 3. The standard InChI is InChI=1S/C19H29N5O3S/c1-19(2,3)20-17(25)11-22(4)13-24-18(28)23(5)16(21-24)12-27-15-9-7-14(26-6)8-10-15/h7-10H,11-13H2,1-6H3,(H,20,25)/p+1. The van der Waals surface area contributed by atoms with Crippen LogP contribution in [0.1, 0.15) is 26.6 Å². The van der Waals surface area contributed by atoms with Crippen LogP contribution in [0.25, 0.3) is 0 Å². The molecular formula is C19H30N5O3S+. The molecule has 0 bridgehead atoms. The van der Waals surface area contributed by atoms with Crippen LogP contribution in [0.4, 0.5) is 0 Å². The van der Waals surface area contributed by atoms with Crippen molar-refractivity contribution in [1.82, 2.24) is 19.7 Å². The summed E-state index contributed by atoms with van der Waals surface area (Å²) in [6.07, 6.45) is 0. The first-order chi connectivity index (χ1) is 13.1. The van der Waals surface area contributed by atoms with E-state index in [-0.39, 0.29) is 11.4 Å². The second-order valence-electron chi connectivity index (χ2n) is 7.81. The summed E-state index contributed by atoms with van der Waals surface area (Å²) < 4.78 is 15.1. The van der Waals surface area contributed by atoms with Crippen molar-refractivity contribution in [3.8, 4) is 11.5 Å². The quantitative estimate of drug-likeness (QED) is 0.636. The molecule has 1 amide bonds. The van der Waals surface area contributed by atoms with Gasteiger partial charge in [0, 0.05) is 12.6 Å². The third-order valence-corrected chi connectivity index (χ3v) is 4.44. The van der Waals surface area contributed by atoms with Crippen molar-refractivity contribution < 1.29 is 19.2 Å². The summed E-state index contributed by atoms with van der Waals surface area (Å²) in [6, 6.07) is 7.37. The summed E-state index contributed by atoms with van der Waals surface area (Å²) >= 11 is 5.47. The van der Waals surface area contributed by atoms with Gasteiger partial charge in [-0.25, -0.2) is 0 Å². The van der Waals surface area contributed by atoms with Crippen LogP contribution in [0.5, 0.6) is 11.5 Å². The van der Waals surface area contributed by atoms with Gasteiger partial charge in [0.1, 0.15) is 18.1 Å². The Labute approximate surface area is 171 Å². The highest BCUT2D eigenvalue weighted by Gasteiger charge is 2.18. The van der Waals surface area contributed by atoms with Gasteiger partial charge in [-0.1, -0.05) is 0 Å². The highest BCUT2D eigenvalue weighted by Crippen LogP contribution is 2.17. The van der Waals surface area contributed by atoms with Crippen LogP contribution in [-0.4, -0.2) is 46.5 Å². The van der Waals surface area contributed by atoms with Gasteiger partial charge in [-0.3, -0.25) is 4.79 Å². The molecule has 0 saturated carbocycles. The summed E-state index contributed by atoms with van der Waals surface area (Å²) in [5.74, 6) is 2.21. The van der Waals surface area contributed by atoms with Crippen LogP contribution in [0.3, 0.4) is 0 Å². The minimum atomic E-state index is -0.245. The summed E-state index contributed by atoms with van der Waals surface area (Å²) in [7, 11) is 5.42. The largest absolute Gasteiger partial charge is 0.497 e. The first-order valence-corrected chi connectivity index (χ1v) is 9.52. The molecule has 1 unspecified atom stereocenters. The number of hydrogen-bond acceptors (Lipinski definition) is 5. The van der Waals surface area contributed by atoms with Crippen LogP contribution >= 0.6 is 12.2 Å². The Morgan fingerprint density at radius 3 is 2.43 bits per heavy atom. The first-order valence-electron chi connectivity index (χ1n) is 9.11. The molecule has 2 rings (SSSR count). The third-order valence-electron chi connectivity index (χ3n) is 3.95. The number of carbonyl (C=O) groups is 1. The Morgan fingerprint density at radius 2 is 1.86 bits per heavy atom. The Hall–Kier alpha value is -2.39. The Morgan fingerprint density at radius 1 is 1.25 bits per heavy atom. The maximum Gasteiger partial charge on any atom is 0.275 e. The monoisotopic (exact) mass is 408 g/mol. The highest BCUT2D eigenvalue weighted by molar-refractivity contribution is 7.71. The van der Waals surface area contributed by atoms with Gasteiger partial charge in [-0.05, 0) is 57.3 Å². The third kappa shape index (κ3) is 6.35. The SMILES string of the molecule is COc1ccc(OCc2nn(C[NH+](C)CC(=O)NC(C)(C)C)c(=S)n2C)cc1. The number of amides is 1. The summed E-state index contributed by atoms with van der Waals surface area (Å²) in [5, 5.41) is 7.52. The van der Waals surface area contributed by atoms with Crippen LogP contribution < -0.4 is 19.7 Å². The molecule has 28 heavy (non-hydrogen) atoms. The molecule has 0 spiro atoms. The van der Waals surface area contributed by atoms with Gasteiger partial charge in [-0.2, -0.15) is 4.68 Å². The van der Waals surface area contributed by atoms with Crippen molar-refractivity contribution in [2.75, 3.05) is 20.7 Å². The van der Waals surface area contributed by atoms with Gasteiger partial charge in [0.25, 0.3) is 5.91 Å². The molecular weight excluding hydrogens is 378 g/mol. The van der Waals surface area contributed by atoms with Crippen molar-refractivity contribution in [2.24, 2.45) is 7.05 Å². The van der Waals surface area contributed by atoms with E-state index in [0.717, 1.165) is 16.4 Å². The number of benzene rings is 1. The summed E-state index contributed by atoms with van der Waals surface area (Å²) in [4.78, 5) is 13.1. The zero-order valence-electron chi connectivity index (χ0n) is 17.4. The molecule has 2 aromatic rings. The molecule has 1 aromatic heterocycles. The average Bonchev–Trinajstić information content (AvgIpc) is 2.86. The van der Waals surface area contributed by atoms with E-state index >= 15 is 0 Å². The average molecular weight is 409 g/mol. The molecule has 9 heteroatoms. The highest BCUT2D eigenvalue weighted by atomic mass is 32.1. The zero-order valence-corrected chi connectivity index (χ0v) is 18.2. The summed E-state index contributed by atoms with van der Waals surface area (Å²) in [5.41, 5.74) is -0.245. The van der Waals surface area contributed by atoms with Crippen molar-refractivity contribution in [3.05, 3.63) is 34.9 Å². The number of likely N-dealkylation sites (N-methyl/N-ethyl adjacent to an activating group) is 1. The molecule has 0 aliphatic carbocycles. The van der Waals surface area contributed by atoms with E-state index < -0.39 is 0 Å². The van der Waals surface area contributed by atoms with E-state index in [1.54, 1.807) is 11.8 Å². The van der Waals surface area contributed by atoms with E-state index in [1.807, 2.05) is 63.7 Å². The van der Waals surface area contributed by atoms with E-state index in [4.69, 9.17) is 21.7 Å². The molecule has 1 aromatic carbocycles. The van der Waals surface area contributed by atoms with Crippen molar-refractivity contribution in [2.45, 2.75) is 39.6 Å². The Bertz CT molecular complexity index is 852. The molecule has 0 aliphatic rings. The number of rotatable bonds is 8. The fraction of sp³-hybridized carbons (Fsp3) is 0.526. The van der Waals surface area contributed by atoms with Gasteiger partial charge >= 0.3 is 0 Å². The van der Waals surface area contributed by atoms with Gasteiger partial charge in [0.15, 0.2) is 19.0 Å². The van der Waals surface area contributed by atoms with Gasteiger partial charge in [0.2, 0.25) is 4.77 Å². The van der Waals surface area contributed by atoms with Crippen molar-refractivity contribution >= 4 is 18.1 Å². The lowest BCUT2D eigenvalue weighted by atomic mass is 10.1. The van der Waals surface area contributed by atoms with E-state index in [0.29, 0.717) is 30.4 Å². The van der Waals surface area contributed by atoms with E-state index in [2.05, 4.69) is 10.4 Å². The van der Waals surface area contributed by atoms with Gasteiger partial charge in [0.05, 0.1) is 14.2 Å². The van der Waals surface area contributed by atoms with Crippen LogP contribution in [0, 0.1) is 4.77 Å². The van der Waals surface area contributed by atoms with E-state index in [1.165, 1.54) is 0 Å². The molecule has 1 atom stereocenters. The topological polar surface area (TPSA) is 74.8 Å². The minimum Gasteiger partial charge on any atom is -0.497 e. The molecule has 2 N–H and O–H groups in total. The number of carbonyl (C=O) groups excluding carboxylic acids is 1. The Kier molecular flexibility index (Phi) is 7.20. The fourth-order valence-corrected chi connectivity index (χ4v) is 2.84. The smallest absolute Gasteiger partial charge is 0.275 e. The molecule has 154 valence electrons. The number of nitrogens with one attached hydrogen (secondary N) is 2. The fourth-order valence-electron chi connectivity index (χ4n) is 2.63. The lowest BCUT2D eigenvalue weighted by Crippen LogP contribution is -3.09. The lowest BCUT2D eigenvalue weighted by molar-refractivity contribution is -0.895. The number of quaternary nitrogens is 1. The molecule has 0 radical (unpaired) electrons. The molecule has 8 nitrogen and oxygen atoms in total. The molecule has 0 fully saturated rings. The normalized spacial score (nSPS) is 12.5. The van der Waals surface area contributed by atoms with E-state index in [9.17, 15) is 4.79 Å². The molecule has 0 saturated heterocycles. The molecule has 1 heterocycles. The predicted octanol–water partition coefficient (Wildman–Crippen LogP) is 0.926. The predicted molar refractivity (Wildman–Crippen MR) is 109 cm³/mol. The Balaban J connectivity index is 1.97. The number of methoxy groups -OCH3 is 1. The van der Waals surface area contributed by atoms with Crippen molar-refractivity contribution in [3.63, 3.8) is 0 Å². The lowest BCUT2D eigenvalue weighted by Gasteiger charge is -2.21. The van der Waals surface area contributed by atoms with Crippen LogP contribution in [0.15, 0.2) is 24.3 Å². The van der Waals surface area contributed by atoms with Gasteiger partial charge < -0.3 is 24.3 Å². The van der Waals surface area contributed by atoms with Crippen LogP contribution in [0.2, 0.25) is 0 Å². The maximum absolute atomic E-state index is 12.1. The number of ether oxygens (including phenoxy) is 2. The maximum atomic E-state index is 12.1.